The molecule has 4 heteroatoms. The SMILES string of the molecule is Cn1cnc2c(N3CCC(C)(N)CC3)cccc21. The summed E-state index contributed by atoms with van der Waals surface area (Å²) in [5, 5.41) is 0. The molecule has 2 N–H and O–H groups in total. The first-order chi connectivity index (χ1) is 8.57. The monoisotopic (exact) mass is 244 g/mol. The highest BCUT2D eigenvalue weighted by Gasteiger charge is 2.26. The highest BCUT2D eigenvalue weighted by atomic mass is 15.2. The number of piperidine rings is 1. The van der Waals surface area contributed by atoms with E-state index in [1.54, 1.807) is 0 Å². The lowest BCUT2D eigenvalue weighted by molar-refractivity contribution is 0.364. The molecule has 1 aromatic heterocycles. The fourth-order valence-electron chi connectivity index (χ4n) is 2.66. The standard InChI is InChI=1S/C14H20N4/c1-14(15)6-8-18(9-7-14)12-5-3-4-11-13(12)16-10-17(11)2/h3-5,10H,6-9,15H2,1-2H3. The molecule has 0 unspecified atom stereocenters. The molecule has 1 fully saturated rings. The van der Waals surface area contributed by atoms with Crippen molar-refractivity contribution in [3.63, 3.8) is 0 Å². The number of nitrogens with two attached hydrogens (primary N) is 1. The van der Waals surface area contributed by atoms with Gasteiger partial charge >= 0.3 is 0 Å². The minimum atomic E-state index is -0.00544. The molecule has 1 aromatic carbocycles. The highest BCUT2D eigenvalue weighted by Crippen LogP contribution is 2.29. The normalized spacial score (nSPS) is 19.4. The minimum absolute atomic E-state index is 0.00544. The van der Waals surface area contributed by atoms with Crippen molar-refractivity contribution in [2.24, 2.45) is 12.8 Å². The van der Waals surface area contributed by atoms with Crippen molar-refractivity contribution < 1.29 is 0 Å². The van der Waals surface area contributed by atoms with Gasteiger partial charge in [0.2, 0.25) is 0 Å². The van der Waals surface area contributed by atoms with Crippen molar-refractivity contribution in [2.75, 3.05) is 18.0 Å². The van der Waals surface area contributed by atoms with Crippen LogP contribution in [0.25, 0.3) is 11.0 Å². The third-order valence-electron chi connectivity index (χ3n) is 3.98. The summed E-state index contributed by atoms with van der Waals surface area (Å²) >= 11 is 0. The predicted molar refractivity (Wildman–Crippen MR) is 74.8 cm³/mol. The maximum absolute atomic E-state index is 6.19. The fourth-order valence-corrected chi connectivity index (χ4v) is 2.66. The summed E-state index contributed by atoms with van der Waals surface area (Å²) in [5.74, 6) is 0. The van der Waals surface area contributed by atoms with Gasteiger partial charge in [-0.1, -0.05) is 6.07 Å². The second kappa shape index (κ2) is 3.99. The zero-order valence-corrected chi connectivity index (χ0v) is 11.1. The lowest BCUT2D eigenvalue weighted by Gasteiger charge is -2.38. The van der Waals surface area contributed by atoms with E-state index in [4.69, 9.17) is 5.73 Å². The topological polar surface area (TPSA) is 47.1 Å². The first kappa shape index (κ1) is 11.5. The summed E-state index contributed by atoms with van der Waals surface area (Å²) in [5.41, 5.74) is 9.71. The van der Waals surface area contributed by atoms with Gasteiger partial charge in [-0.15, -0.1) is 0 Å². The molecule has 96 valence electrons. The van der Waals surface area contributed by atoms with Crippen LogP contribution < -0.4 is 10.6 Å². The molecule has 0 aliphatic carbocycles. The molecule has 2 aromatic rings. The predicted octanol–water partition coefficient (Wildman–Crippen LogP) is 1.89. The van der Waals surface area contributed by atoms with E-state index in [0.29, 0.717) is 0 Å². The Hall–Kier alpha value is -1.55. The number of imidazole rings is 1. The van der Waals surface area contributed by atoms with E-state index in [9.17, 15) is 0 Å². The third-order valence-corrected chi connectivity index (χ3v) is 3.98. The van der Waals surface area contributed by atoms with Gasteiger partial charge in [0.05, 0.1) is 17.5 Å². The van der Waals surface area contributed by atoms with Crippen LogP contribution >= 0.6 is 0 Å². The van der Waals surface area contributed by atoms with Crippen LogP contribution in [-0.4, -0.2) is 28.2 Å². The van der Waals surface area contributed by atoms with E-state index < -0.39 is 0 Å². The number of aromatic nitrogens is 2. The van der Waals surface area contributed by atoms with Crippen molar-refractivity contribution in [3.8, 4) is 0 Å². The van der Waals surface area contributed by atoms with Crippen LogP contribution in [0.15, 0.2) is 24.5 Å². The molecule has 2 heterocycles. The number of hydrogen-bond donors (Lipinski definition) is 1. The number of nitrogens with zero attached hydrogens (tertiary/aromatic N) is 3. The number of benzene rings is 1. The third kappa shape index (κ3) is 1.86. The molecule has 0 amide bonds. The average molecular weight is 244 g/mol. The van der Waals surface area contributed by atoms with Gasteiger partial charge in [0.25, 0.3) is 0 Å². The molecule has 0 spiro atoms. The van der Waals surface area contributed by atoms with E-state index in [2.05, 4.69) is 39.6 Å². The van der Waals surface area contributed by atoms with Gasteiger partial charge < -0.3 is 15.2 Å². The molecule has 1 saturated heterocycles. The van der Waals surface area contributed by atoms with Crippen molar-refractivity contribution in [1.82, 2.24) is 9.55 Å². The largest absolute Gasteiger partial charge is 0.370 e. The number of anilines is 1. The molecule has 1 aliphatic rings. The van der Waals surface area contributed by atoms with E-state index >= 15 is 0 Å². The van der Waals surface area contributed by atoms with Crippen LogP contribution in [0.4, 0.5) is 5.69 Å². The lowest BCUT2D eigenvalue weighted by atomic mass is 9.91. The first-order valence-electron chi connectivity index (χ1n) is 6.51. The van der Waals surface area contributed by atoms with Crippen LogP contribution in [0.2, 0.25) is 0 Å². The van der Waals surface area contributed by atoms with Gasteiger partial charge in [0, 0.05) is 25.7 Å². The molecule has 3 rings (SSSR count). The zero-order chi connectivity index (χ0) is 12.8. The van der Waals surface area contributed by atoms with Gasteiger partial charge in [-0.25, -0.2) is 4.98 Å². The number of aryl methyl sites for hydroxylation is 1. The summed E-state index contributed by atoms with van der Waals surface area (Å²) in [6.07, 6.45) is 3.96. The summed E-state index contributed by atoms with van der Waals surface area (Å²) in [6.45, 7) is 4.18. The second-order valence-electron chi connectivity index (χ2n) is 5.64. The highest BCUT2D eigenvalue weighted by molar-refractivity contribution is 5.89. The maximum atomic E-state index is 6.19. The molecule has 0 atom stereocenters. The Kier molecular flexibility index (Phi) is 2.55. The van der Waals surface area contributed by atoms with Crippen LogP contribution in [0.5, 0.6) is 0 Å². The molecule has 0 saturated carbocycles. The summed E-state index contributed by atoms with van der Waals surface area (Å²) in [6, 6.07) is 6.38. The van der Waals surface area contributed by atoms with Crippen LogP contribution in [0.1, 0.15) is 19.8 Å². The summed E-state index contributed by atoms with van der Waals surface area (Å²) in [4.78, 5) is 6.93. The zero-order valence-electron chi connectivity index (χ0n) is 11.1. The average Bonchev–Trinajstić information content (AvgIpc) is 2.72. The molecular weight excluding hydrogens is 224 g/mol. The smallest absolute Gasteiger partial charge is 0.112 e. The Labute approximate surface area is 107 Å². The molecule has 0 bridgehead atoms. The van der Waals surface area contributed by atoms with Crippen LogP contribution in [0.3, 0.4) is 0 Å². The van der Waals surface area contributed by atoms with Crippen molar-refractivity contribution in [1.29, 1.82) is 0 Å². The van der Waals surface area contributed by atoms with Gasteiger partial charge in [-0.3, -0.25) is 0 Å². The van der Waals surface area contributed by atoms with Gasteiger partial charge in [-0.05, 0) is 31.9 Å². The number of fused-ring (bicyclic) bond motifs is 1. The molecule has 4 nitrogen and oxygen atoms in total. The van der Waals surface area contributed by atoms with Gasteiger partial charge in [0.15, 0.2) is 0 Å². The molecule has 18 heavy (non-hydrogen) atoms. The molecular formula is C14H20N4. The number of hydrogen-bond acceptors (Lipinski definition) is 3. The Bertz CT molecular complexity index is 560. The van der Waals surface area contributed by atoms with E-state index in [-0.39, 0.29) is 5.54 Å². The Morgan fingerprint density at radius 3 is 2.72 bits per heavy atom. The molecule has 1 aliphatic heterocycles. The Balaban J connectivity index is 1.95. The first-order valence-corrected chi connectivity index (χ1v) is 6.51. The van der Waals surface area contributed by atoms with Gasteiger partial charge in [-0.2, -0.15) is 0 Å². The fraction of sp³-hybridized carbons (Fsp3) is 0.500. The minimum Gasteiger partial charge on any atom is -0.370 e. The van der Waals surface area contributed by atoms with Crippen LogP contribution in [0, 0.1) is 0 Å². The number of para-hydroxylation sites is 1. The van der Waals surface area contributed by atoms with E-state index in [0.717, 1.165) is 31.4 Å². The number of rotatable bonds is 1. The van der Waals surface area contributed by atoms with Crippen molar-refractivity contribution in [2.45, 2.75) is 25.3 Å². The molecule has 0 radical (unpaired) electrons. The Morgan fingerprint density at radius 2 is 2.00 bits per heavy atom. The van der Waals surface area contributed by atoms with Crippen molar-refractivity contribution >= 4 is 16.7 Å². The second-order valence-corrected chi connectivity index (χ2v) is 5.64. The summed E-state index contributed by atoms with van der Waals surface area (Å²) < 4.78 is 2.07. The van der Waals surface area contributed by atoms with Crippen LogP contribution in [-0.2, 0) is 7.05 Å². The quantitative estimate of drug-likeness (QED) is 0.833. The van der Waals surface area contributed by atoms with Crippen molar-refractivity contribution in [3.05, 3.63) is 24.5 Å². The van der Waals surface area contributed by atoms with E-state index in [1.807, 2.05) is 13.4 Å². The van der Waals surface area contributed by atoms with E-state index in [1.165, 1.54) is 11.2 Å². The van der Waals surface area contributed by atoms with Gasteiger partial charge in [0.1, 0.15) is 5.52 Å². The summed E-state index contributed by atoms with van der Waals surface area (Å²) in [7, 11) is 2.03. The maximum Gasteiger partial charge on any atom is 0.112 e. The Morgan fingerprint density at radius 1 is 1.28 bits per heavy atom. The lowest BCUT2D eigenvalue weighted by Crippen LogP contribution is -2.48.